The number of benzene rings is 1. The highest BCUT2D eigenvalue weighted by atomic mass is 19.1. The van der Waals surface area contributed by atoms with Crippen LogP contribution < -0.4 is 16.4 Å². The lowest BCUT2D eigenvalue weighted by Gasteiger charge is -2.17. The summed E-state index contributed by atoms with van der Waals surface area (Å²) in [6, 6.07) is 7.51. The number of rotatable bonds is 6. The first-order valence-electron chi connectivity index (χ1n) is 8.29. The highest BCUT2D eigenvalue weighted by Gasteiger charge is 2.20. The van der Waals surface area contributed by atoms with Gasteiger partial charge in [-0.2, -0.15) is 0 Å². The van der Waals surface area contributed by atoms with Gasteiger partial charge in [0.25, 0.3) is 0 Å². The van der Waals surface area contributed by atoms with Crippen LogP contribution in [0.5, 0.6) is 0 Å². The third kappa shape index (κ3) is 4.91. The second kappa shape index (κ2) is 9.48. The fourth-order valence-electron chi connectivity index (χ4n) is 2.38. The van der Waals surface area contributed by atoms with E-state index >= 15 is 0 Å². The first kappa shape index (κ1) is 20.1. The molecule has 0 aliphatic rings. The van der Waals surface area contributed by atoms with Gasteiger partial charge in [-0.15, -0.1) is 0 Å². The molecule has 0 radical (unpaired) electrons. The third-order valence-electron chi connectivity index (χ3n) is 3.69. The molecule has 0 unspecified atom stereocenters. The number of anilines is 2. The van der Waals surface area contributed by atoms with Crippen molar-refractivity contribution < 1.29 is 19.0 Å². The van der Waals surface area contributed by atoms with Crippen molar-refractivity contribution in [3.05, 3.63) is 53.5 Å². The topological polar surface area (TPSA) is 122 Å². The smallest absolute Gasteiger partial charge is 0.321 e. The molecule has 0 aliphatic heterocycles. The van der Waals surface area contributed by atoms with Gasteiger partial charge in [0.05, 0.1) is 30.5 Å². The van der Waals surface area contributed by atoms with Crippen molar-refractivity contribution in [2.45, 2.75) is 13.0 Å². The number of nitrogens with zero attached hydrogens (tertiary/aromatic N) is 2. The maximum atomic E-state index is 14.5. The Hall–Kier alpha value is -3.20. The van der Waals surface area contributed by atoms with Crippen LogP contribution in [0, 0.1) is 5.82 Å². The number of aliphatic imine (C=N–C) groups is 1. The number of urea groups is 1. The summed E-state index contributed by atoms with van der Waals surface area (Å²) in [4.78, 5) is 20.0. The number of hydrogen-bond acceptors (Lipinski definition) is 6. The van der Waals surface area contributed by atoms with Gasteiger partial charge in [-0.05, 0) is 12.5 Å². The zero-order chi connectivity index (χ0) is 19.8. The van der Waals surface area contributed by atoms with Crippen LogP contribution in [0.2, 0.25) is 0 Å². The lowest BCUT2D eigenvalue weighted by Crippen LogP contribution is -2.35. The number of halogens is 1. The molecule has 1 aromatic heterocycles. The summed E-state index contributed by atoms with van der Waals surface area (Å²) in [7, 11) is 1.49. The molecule has 0 fully saturated rings. The fourth-order valence-corrected chi connectivity index (χ4v) is 2.38. The Balaban J connectivity index is 2.15. The Bertz CT molecular complexity index is 814. The van der Waals surface area contributed by atoms with Crippen molar-refractivity contribution in [2.24, 2.45) is 4.99 Å². The van der Waals surface area contributed by atoms with E-state index in [1.165, 1.54) is 13.2 Å². The predicted molar refractivity (Wildman–Crippen MR) is 101 cm³/mol. The lowest BCUT2D eigenvalue weighted by molar-refractivity contribution is 0.225. The minimum atomic E-state index is -0.899. The molecule has 0 aliphatic carbocycles. The number of ether oxygens (including phenoxy) is 1. The van der Waals surface area contributed by atoms with Crippen molar-refractivity contribution in [3.8, 4) is 0 Å². The standard InChI is InChI=1S/C18H22FN5O3/c1-3-27-17(21-2)12-9-22-16(14(19)15(12)20)24-18(26)23-13(10-25)11-7-5-4-6-8-11/h4-9,13,25H,3,10H2,1-2H3,(H4,20,22,23,24,26)/b21-17+/t13-/m1/s1. The largest absolute Gasteiger partial charge is 0.478 e. The molecule has 144 valence electrons. The molecule has 0 saturated heterocycles. The molecule has 1 heterocycles. The Labute approximate surface area is 156 Å². The Morgan fingerprint density at radius 1 is 1.41 bits per heavy atom. The van der Waals surface area contributed by atoms with Crippen LogP contribution in [0.15, 0.2) is 41.5 Å². The van der Waals surface area contributed by atoms with Crippen LogP contribution in [-0.4, -0.2) is 42.3 Å². The van der Waals surface area contributed by atoms with Gasteiger partial charge in [-0.3, -0.25) is 10.3 Å². The second-order valence-corrected chi connectivity index (χ2v) is 5.45. The predicted octanol–water partition coefficient (Wildman–Crippen LogP) is 2.07. The summed E-state index contributed by atoms with van der Waals surface area (Å²) in [5, 5.41) is 14.3. The zero-order valence-electron chi connectivity index (χ0n) is 15.1. The highest BCUT2D eigenvalue weighted by Crippen LogP contribution is 2.23. The normalized spacial score (nSPS) is 12.4. The summed E-state index contributed by atoms with van der Waals surface area (Å²) < 4.78 is 19.8. The van der Waals surface area contributed by atoms with Gasteiger partial charge >= 0.3 is 6.03 Å². The average Bonchev–Trinajstić information content (AvgIpc) is 2.69. The van der Waals surface area contributed by atoms with Gasteiger partial charge < -0.3 is 20.9 Å². The summed E-state index contributed by atoms with van der Waals surface area (Å²) >= 11 is 0. The highest BCUT2D eigenvalue weighted by molar-refractivity contribution is 6.00. The molecule has 27 heavy (non-hydrogen) atoms. The third-order valence-corrected chi connectivity index (χ3v) is 3.69. The molecule has 1 atom stereocenters. The van der Waals surface area contributed by atoms with Crippen molar-refractivity contribution in [1.29, 1.82) is 0 Å². The Morgan fingerprint density at radius 2 is 2.11 bits per heavy atom. The van der Waals surface area contributed by atoms with Crippen molar-refractivity contribution in [1.82, 2.24) is 10.3 Å². The van der Waals surface area contributed by atoms with Crippen molar-refractivity contribution in [3.63, 3.8) is 0 Å². The molecular formula is C18H22FN5O3. The number of carbonyl (C=O) groups is 1. The summed E-state index contributed by atoms with van der Waals surface area (Å²) in [5.74, 6) is -1.09. The minimum Gasteiger partial charge on any atom is -0.478 e. The van der Waals surface area contributed by atoms with Crippen LogP contribution in [-0.2, 0) is 4.74 Å². The van der Waals surface area contributed by atoms with Crippen molar-refractivity contribution in [2.75, 3.05) is 31.3 Å². The first-order valence-corrected chi connectivity index (χ1v) is 8.29. The molecule has 2 aromatic rings. The van der Waals surface area contributed by atoms with Crippen molar-refractivity contribution >= 4 is 23.4 Å². The van der Waals surface area contributed by atoms with E-state index in [1.54, 1.807) is 31.2 Å². The Kier molecular flexibility index (Phi) is 7.07. The number of hydrogen-bond donors (Lipinski definition) is 4. The molecular weight excluding hydrogens is 353 g/mol. The number of nitrogens with one attached hydrogen (secondary N) is 2. The van der Waals surface area contributed by atoms with E-state index in [0.717, 1.165) is 0 Å². The number of pyridine rings is 1. The zero-order valence-corrected chi connectivity index (χ0v) is 15.1. The molecule has 9 heteroatoms. The first-order chi connectivity index (χ1) is 13.0. The van der Waals surface area contributed by atoms with Gasteiger partial charge in [-0.1, -0.05) is 30.3 Å². The summed E-state index contributed by atoms with van der Waals surface area (Å²) in [5.41, 5.74) is 6.46. The number of nitrogens with two attached hydrogens (primary N) is 1. The molecule has 5 N–H and O–H groups in total. The van der Waals surface area contributed by atoms with Crippen LogP contribution in [0.1, 0.15) is 24.1 Å². The fraction of sp³-hybridized carbons (Fsp3) is 0.278. The maximum absolute atomic E-state index is 14.5. The minimum absolute atomic E-state index is 0.154. The quantitative estimate of drug-likeness (QED) is 0.455. The van der Waals surface area contributed by atoms with E-state index in [9.17, 15) is 14.3 Å². The number of nitrogen functional groups attached to an aromatic ring is 1. The molecule has 8 nitrogen and oxygen atoms in total. The van der Waals surface area contributed by atoms with Gasteiger partial charge in [0, 0.05) is 13.2 Å². The number of aromatic nitrogens is 1. The summed E-state index contributed by atoms with van der Waals surface area (Å²) in [6.07, 6.45) is 1.27. The van der Waals surface area contributed by atoms with E-state index in [0.29, 0.717) is 12.2 Å². The van der Waals surface area contributed by atoms with Gasteiger partial charge in [0.2, 0.25) is 5.90 Å². The molecule has 2 rings (SSSR count). The molecule has 0 spiro atoms. The van der Waals surface area contributed by atoms with Gasteiger partial charge in [0.15, 0.2) is 11.6 Å². The molecule has 0 bridgehead atoms. The van der Waals surface area contributed by atoms with Crippen LogP contribution in [0.25, 0.3) is 0 Å². The lowest BCUT2D eigenvalue weighted by atomic mass is 10.1. The SMILES string of the molecule is CCO/C(=N/C)c1cnc(NC(=O)N[C@H](CO)c2ccccc2)c(F)c1N. The monoisotopic (exact) mass is 375 g/mol. The van der Waals surface area contributed by atoms with E-state index < -0.39 is 17.9 Å². The van der Waals surface area contributed by atoms with Crippen LogP contribution in [0.4, 0.5) is 20.7 Å². The van der Waals surface area contributed by atoms with Crippen LogP contribution in [0.3, 0.4) is 0 Å². The van der Waals surface area contributed by atoms with E-state index in [-0.39, 0.29) is 29.6 Å². The van der Waals surface area contributed by atoms with E-state index in [2.05, 4.69) is 20.6 Å². The molecule has 0 saturated carbocycles. The number of carbonyl (C=O) groups excluding carboxylic acids is 1. The molecule has 1 aromatic carbocycles. The van der Waals surface area contributed by atoms with Gasteiger partial charge in [-0.25, -0.2) is 14.2 Å². The Morgan fingerprint density at radius 3 is 2.70 bits per heavy atom. The average molecular weight is 375 g/mol. The number of amides is 2. The van der Waals surface area contributed by atoms with Crippen LogP contribution >= 0.6 is 0 Å². The van der Waals surface area contributed by atoms with E-state index in [4.69, 9.17) is 10.5 Å². The van der Waals surface area contributed by atoms with Gasteiger partial charge in [0.1, 0.15) is 0 Å². The number of aliphatic hydroxyl groups is 1. The summed E-state index contributed by atoms with van der Waals surface area (Å²) in [6.45, 7) is 1.77. The maximum Gasteiger partial charge on any atom is 0.321 e. The molecule has 2 amide bonds. The second-order valence-electron chi connectivity index (χ2n) is 5.45. The van der Waals surface area contributed by atoms with E-state index in [1.807, 2.05) is 6.07 Å². The number of aliphatic hydroxyl groups excluding tert-OH is 1.